The number of nitrogens with one attached hydrogen (secondary N) is 1. The highest BCUT2D eigenvalue weighted by Crippen LogP contribution is 2.39. The molecule has 5 nitrogen and oxygen atoms in total. The van der Waals surface area contributed by atoms with Gasteiger partial charge in [0.05, 0.1) is 5.69 Å². The van der Waals surface area contributed by atoms with Crippen LogP contribution >= 0.6 is 0 Å². The molecule has 2 aromatic rings. The SMILES string of the molecule is CC(C)NCC1(O)COc2ccccc2OC1c1ccccn1. The van der Waals surface area contributed by atoms with Gasteiger partial charge >= 0.3 is 0 Å². The molecular formula is C18H22N2O3. The topological polar surface area (TPSA) is 63.6 Å². The van der Waals surface area contributed by atoms with Gasteiger partial charge in [-0.15, -0.1) is 0 Å². The Balaban J connectivity index is 1.97. The average molecular weight is 314 g/mol. The van der Waals surface area contributed by atoms with E-state index >= 15 is 0 Å². The first-order valence-electron chi connectivity index (χ1n) is 7.84. The van der Waals surface area contributed by atoms with Gasteiger partial charge in [0.25, 0.3) is 0 Å². The van der Waals surface area contributed by atoms with Gasteiger partial charge in [-0.25, -0.2) is 0 Å². The first kappa shape index (κ1) is 15.8. The Kier molecular flexibility index (Phi) is 4.50. The molecule has 2 heterocycles. The molecule has 2 N–H and O–H groups in total. The highest BCUT2D eigenvalue weighted by atomic mass is 16.6. The fourth-order valence-corrected chi connectivity index (χ4v) is 2.57. The molecule has 0 aliphatic carbocycles. The predicted molar refractivity (Wildman–Crippen MR) is 87.6 cm³/mol. The maximum Gasteiger partial charge on any atom is 0.174 e. The van der Waals surface area contributed by atoms with Crippen LogP contribution in [0.15, 0.2) is 48.7 Å². The summed E-state index contributed by atoms with van der Waals surface area (Å²) in [4.78, 5) is 4.37. The Morgan fingerprint density at radius 3 is 2.65 bits per heavy atom. The summed E-state index contributed by atoms with van der Waals surface area (Å²) in [6.45, 7) is 4.55. The van der Waals surface area contributed by atoms with E-state index in [9.17, 15) is 5.11 Å². The zero-order valence-corrected chi connectivity index (χ0v) is 13.4. The van der Waals surface area contributed by atoms with Gasteiger partial charge in [0.2, 0.25) is 0 Å². The summed E-state index contributed by atoms with van der Waals surface area (Å²) >= 11 is 0. The van der Waals surface area contributed by atoms with Crippen molar-refractivity contribution in [2.24, 2.45) is 0 Å². The number of hydrogen-bond donors (Lipinski definition) is 2. The molecule has 1 aromatic heterocycles. The smallest absolute Gasteiger partial charge is 0.174 e. The van der Waals surface area contributed by atoms with Crippen molar-refractivity contribution in [1.29, 1.82) is 0 Å². The van der Waals surface area contributed by atoms with Crippen molar-refractivity contribution in [2.75, 3.05) is 13.2 Å². The molecule has 23 heavy (non-hydrogen) atoms. The molecule has 2 unspecified atom stereocenters. The second kappa shape index (κ2) is 6.56. The molecule has 1 aliphatic rings. The quantitative estimate of drug-likeness (QED) is 0.907. The number of nitrogens with zero attached hydrogens (tertiary/aromatic N) is 1. The monoisotopic (exact) mass is 314 g/mol. The maximum atomic E-state index is 11.2. The molecule has 2 atom stereocenters. The standard InChI is InChI=1S/C18H22N2O3/c1-13(2)20-11-18(21)12-22-15-8-3-4-9-16(15)23-17(18)14-7-5-6-10-19-14/h3-10,13,17,20-21H,11-12H2,1-2H3. The number of ether oxygens (including phenoxy) is 2. The zero-order chi connectivity index (χ0) is 16.3. The van der Waals surface area contributed by atoms with Gasteiger partial charge in [-0.3, -0.25) is 4.98 Å². The summed E-state index contributed by atoms with van der Waals surface area (Å²) in [5.74, 6) is 1.25. The summed E-state index contributed by atoms with van der Waals surface area (Å²) in [5.41, 5.74) is -0.543. The Hall–Kier alpha value is -2.11. The van der Waals surface area contributed by atoms with Gasteiger partial charge in [-0.1, -0.05) is 32.0 Å². The van der Waals surface area contributed by atoms with Crippen molar-refractivity contribution < 1.29 is 14.6 Å². The molecule has 5 heteroatoms. The van der Waals surface area contributed by atoms with Crippen LogP contribution in [0, 0.1) is 0 Å². The van der Waals surface area contributed by atoms with Crippen LogP contribution in [0.1, 0.15) is 25.6 Å². The van der Waals surface area contributed by atoms with Crippen molar-refractivity contribution in [1.82, 2.24) is 10.3 Å². The van der Waals surface area contributed by atoms with Crippen LogP contribution in [0.5, 0.6) is 11.5 Å². The number of rotatable bonds is 4. The zero-order valence-electron chi connectivity index (χ0n) is 13.4. The van der Waals surface area contributed by atoms with E-state index in [2.05, 4.69) is 10.3 Å². The van der Waals surface area contributed by atoms with Crippen molar-refractivity contribution in [3.05, 3.63) is 54.4 Å². The van der Waals surface area contributed by atoms with E-state index in [0.29, 0.717) is 23.7 Å². The fraction of sp³-hybridized carbons (Fsp3) is 0.389. The molecule has 3 rings (SSSR count). The molecule has 122 valence electrons. The first-order chi connectivity index (χ1) is 11.1. The van der Waals surface area contributed by atoms with Crippen LogP contribution in [0.4, 0.5) is 0 Å². The lowest BCUT2D eigenvalue weighted by molar-refractivity contribution is -0.0791. The third-order valence-corrected chi connectivity index (χ3v) is 3.83. The number of para-hydroxylation sites is 2. The molecule has 0 amide bonds. The number of aromatic nitrogens is 1. The number of benzene rings is 1. The van der Waals surface area contributed by atoms with Gasteiger partial charge < -0.3 is 19.9 Å². The summed E-state index contributed by atoms with van der Waals surface area (Å²) in [6, 6.07) is 13.3. The van der Waals surface area contributed by atoms with Gasteiger partial charge in [0.15, 0.2) is 23.2 Å². The number of fused-ring (bicyclic) bond motifs is 1. The molecule has 1 aromatic carbocycles. The summed E-state index contributed by atoms with van der Waals surface area (Å²) in [5, 5.41) is 14.5. The predicted octanol–water partition coefficient (Wildman–Crippen LogP) is 2.32. The van der Waals surface area contributed by atoms with Gasteiger partial charge in [0, 0.05) is 18.8 Å². The Morgan fingerprint density at radius 2 is 1.96 bits per heavy atom. The van der Waals surface area contributed by atoms with E-state index in [4.69, 9.17) is 9.47 Å². The van der Waals surface area contributed by atoms with Crippen LogP contribution in [-0.2, 0) is 0 Å². The average Bonchev–Trinajstić information content (AvgIpc) is 2.72. The van der Waals surface area contributed by atoms with E-state index < -0.39 is 11.7 Å². The fourth-order valence-electron chi connectivity index (χ4n) is 2.57. The lowest BCUT2D eigenvalue weighted by Gasteiger charge is -2.33. The molecule has 0 saturated heterocycles. The number of pyridine rings is 1. The minimum atomic E-state index is -1.22. The Labute approximate surface area is 136 Å². The van der Waals surface area contributed by atoms with E-state index in [-0.39, 0.29) is 12.6 Å². The van der Waals surface area contributed by atoms with Gasteiger partial charge in [0.1, 0.15) is 6.61 Å². The molecular weight excluding hydrogens is 292 g/mol. The van der Waals surface area contributed by atoms with Crippen LogP contribution in [0.3, 0.4) is 0 Å². The lowest BCUT2D eigenvalue weighted by atomic mass is 9.94. The van der Waals surface area contributed by atoms with Gasteiger partial charge in [-0.05, 0) is 24.3 Å². The number of hydrogen-bond acceptors (Lipinski definition) is 5. The second-order valence-electron chi connectivity index (χ2n) is 6.13. The molecule has 0 fully saturated rings. The largest absolute Gasteiger partial charge is 0.486 e. The number of aliphatic hydroxyl groups is 1. The van der Waals surface area contributed by atoms with Crippen LogP contribution in [-0.4, -0.2) is 34.9 Å². The maximum absolute atomic E-state index is 11.2. The summed E-state index contributed by atoms with van der Waals surface area (Å²) < 4.78 is 11.9. The highest BCUT2D eigenvalue weighted by molar-refractivity contribution is 5.41. The normalized spacial score (nSPS) is 23.6. The van der Waals surface area contributed by atoms with Crippen molar-refractivity contribution >= 4 is 0 Å². The van der Waals surface area contributed by atoms with Crippen molar-refractivity contribution in [3.8, 4) is 11.5 Å². The molecule has 0 radical (unpaired) electrons. The van der Waals surface area contributed by atoms with Crippen LogP contribution < -0.4 is 14.8 Å². The summed E-state index contributed by atoms with van der Waals surface area (Å²) in [7, 11) is 0. The summed E-state index contributed by atoms with van der Waals surface area (Å²) in [6.07, 6.45) is 1.09. The van der Waals surface area contributed by atoms with E-state index in [1.165, 1.54) is 0 Å². The Bertz CT molecular complexity index is 648. The molecule has 0 bridgehead atoms. The first-order valence-corrected chi connectivity index (χ1v) is 7.84. The van der Waals surface area contributed by atoms with E-state index in [1.807, 2.05) is 56.3 Å². The molecule has 0 spiro atoms. The second-order valence-corrected chi connectivity index (χ2v) is 6.13. The minimum absolute atomic E-state index is 0.130. The molecule has 1 aliphatic heterocycles. The van der Waals surface area contributed by atoms with Crippen molar-refractivity contribution in [3.63, 3.8) is 0 Å². The highest BCUT2D eigenvalue weighted by Gasteiger charge is 2.44. The minimum Gasteiger partial charge on any atom is -0.486 e. The Morgan fingerprint density at radius 1 is 1.22 bits per heavy atom. The van der Waals surface area contributed by atoms with E-state index in [1.54, 1.807) is 6.20 Å². The van der Waals surface area contributed by atoms with Gasteiger partial charge in [-0.2, -0.15) is 0 Å². The van der Waals surface area contributed by atoms with Crippen molar-refractivity contribution in [2.45, 2.75) is 31.6 Å². The molecule has 0 saturated carbocycles. The third-order valence-electron chi connectivity index (χ3n) is 3.83. The van der Waals surface area contributed by atoms with Crippen LogP contribution in [0.2, 0.25) is 0 Å². The van der Waals surface area contributed by atoms with Crippen LogP contribution in [0.25, 0.3) is 0 Å². The lowest BCUT2D eigenvalue weighted by Crippen LogP contribution is -2.52. The third kappa shape index (κ3) is 3.46. The van der Waals surface area contributed by atoms with E-state index in [0.717, 1.165) is 0 Å².